The zero-order valence-corrected chi connectivity index (χ0v) is 13.7. The number of hydrogen-bond acceptors (Lipinski definition) is 3. The minimum atomic E-state index is 0. The van der Waals surface area contributed by atoms with E-state index in [1.165, 1.54) is 12.8 Å². The van der Waals surface area contributed by atoms with E-state index in [1.807, 2.05) is 19.1 Å². The van der Waals surface area contributed by atoms with Crippen LogP contribution in [0.25, 0.3) is 0 Å². The monoisotopic (exact) mass is 311 g/mol. The maximum atomic E-state index is 12.1. The number of nitrogens with zero attached hydrogens (tertiary/aromatic N) is 1. The molecule has 1 amide bonds. The first-order valence-electron chi connectivity index (χ1n) is 7.57. The first-order valence-corrected chi connectivity index (χ1v) is 7.57. The zero-order chi connectivity index (χ0) is 14.4. The summed E-state index contributed by atoms with van der Waals surface area (Å²) in [4.78, 5) is 16.2. The van der Waals surface area contributed by atoms with Crippen molar-refractivity contribution in [2.24, 2.45) is 11.8 Å². The number of pyridine rings is 1. The van der Waals surface area contributed by atoms with Gasteiger partial charge in [0, 0.05) is 18.8 Å². The van der Waals surface area contributed by atoms with Crippen LogP contribution in [0.15, 0.2) is 24.5 Å². The largest absolute Gasteiger partial charge is 0.350 e. The Morgan fingerprint density at radius 3 is 2.95 bits per heavy atom. The van der Waals surface area contributed by atoms with Crippen LogP contribution in [-0.4, -0.2) is 24.0 Å². The van der Waals surface area contributed by atoms with Crippen molar-refractivity contribution in [3.8, 4) is 0 Å². The van der Waals surface area contributed by atoms with Crippen molar-refractivity contribution < 1.29 is 4.79 Å². The predicted octanol–water partition coefficient (Wildman–Crippen LogP) is 2.71. The Kier molecular flexibility index (Phi) is 7.68. The van der Waals surface area contributed by atoms with E-state index in [0.29, 0.717) is 18.3 Å². The second-order valence-electron chi connectivity index (χ2n) is 5.86. The molecule has 1 aromatic heterocycles. The molecule has 0 radical (unpaired) electrons. The van der Waals surface area contributed by atoms with Crippen molar-refractivity contribution in [1.82, 2.24) is 15.6 Å². The zero-order valence-electron chi connectivity index (χ0n) is 12.8. The van der Waals surface area contributed by atoms with Gasteiger partial charge in [0.1, 0.15) is 0 Å². The number of aromatic nitrogens is 1. The highest BCUT2D eigenvalue weighted by molar-refractivity contribution is 5.85. The number of hydrogen-bond donors (Lipinski definition) is 2. The van der Waals surface area contributed by atoms with Crippen LogP contribution in [0.2, 0.25) is 0 Å². The van der Waals surface area contributed by atoms with Crippen molar-refractivity contribution in [1.29, 1.82) is 0 Å². The minimum Gasteiger partial charge on any atom is -0.350 e. The third kappa shape index (κ3) is 5.64. The van der Waals surface area contributed by atoms with E-state index in [1.54, 1.807) is 12.4 Å². The Hall–Kier alpha value is -1.13. The summed E-state index contributed by atoms with van der Waals surface area (Å²) in [5.41, 5.74) is 1.05. The average molecular weight is 312 g/mol. The van der Waals surface area contributed by atoms with Crippen LogP contribution >= 0.6 is 12.4 Å². The van der Waals surface area contributed by atoms with Gasteiger partial charge in [0.2, 0.25) is 5.91 Å². The summed E-state index contributed by atoms with van der Waals surface area (Å²) < 4.78 is 0. The molecule has 1 fully saturated rings. The highest BCUT2D eigenvalue weighted by atomic mass is 35.5. The Balaban J connectivity index is 0.00000220. The molecule has 3 unspecified atom stereocenters. The summed E-state index contributed by atoms with van der Waals surface area (Å²) in [5.74, 6) is 1.20. The lowest BCUT2D eigenvalue weighted by atomic mass is 9.85. The maximum Gasteiger partial charge on any atom is 0.220 e. The molecule has 1 aliphatic heterocycles. The van der Waals surface area contributed by atoms with Crippen LogP contribution < -0.4 is 10.6 Å². The van der Waals surface area contributed by atoms with Gasteiger partial charge < -0.3 is 10.6 Å². The van der Waals surface area contributed by atoms with E-state index in [-0.39, 0.29) is 24.4 Å². The molecule has 0 bridgehead atoms. The fraction of sp³-hybridized carbons (Fsp3) is 0.625. The lowest BCUT2D eigenvalue weighted by Gasteiger charge is -2.28. The van der Waals surface area contributed by atoms with E-state index < -0.39 is 0 Å². The number of rotatable bonds is 5. The molecule has 1 saturated heterocycles. The van der Waals surface area contributed by atoms with E-state index in [0.717, 1.165) is 18.7 Å². The van der Waals surface area contributed by atoms with E-state index in [9.17, 15) is 4.79 Å². The molecule has 4 nitrogen and oxygen atoms in total. The van der Waals surface area contributed by atoms with Crippen molar-refractivity contribution in [2.45, 2.75) is 39.2 Å². The summed E-state index contributed by atoms with van der Waals surface area (Å²) in [5, 5.41) is 6.48. The van der Waals surface area contributed by atoms with Crippen LogP contribution in [0.3, 0.4) is 0 Å². The van der Waals surface area contributed by atoms with Gasteiger partial charge in [0.15, 0.2) is 0 Å². The van der Waals surface area contributed by atoms with Crippen LogP contribution in [0.5, 0.6) is 0 Å². The Bertz CT molecular complexity index is 421. The molecule has 0 spiro atoms. The fourth-order valence-electron chi connectivity index (χ4n) is 2.84. The molecule has 1 aliphatic rings. The van der Waals surface area contributed by atoms with Gasteiger partial charge in [-0.2, -0.15) is 0 Å². The van der Waals surface area contributed by atoms with Gasteiger partial charge >= 0.3 is 0 Å². The number of piperidine rings is 1. The minimum absolute atomic E-state index is 0. The summed E-state index contributed by atoms with van der Waals surface area (Å²) in [6.07, 6.45) is 6.62. The Labute approximate surface area is 133 Å². The number of carbonyl (C=O) groups is 1. The molecule has 0 aromatic carbocycles. The molecule has 2 rings (SSSR count). The third-order valence-electron chi connectivity index (χ3n) is 4.21. The average Bonchev–Trinajstić information content (AvgIpc) is 2.49. The van der Waals surface area contributed by atoms with E-state index in [2.05, 4.69) is 22.5 Å². The van der Waals surface area contributed by atoms with Crippen LogP contribution in [0.1, 0.15) is 44.7 Å². The smallest absolute Gasteiger partial charge is 0.220 e. The predicted molar refractivity (Wildman–Crippen MR) is 87.4 cm³/mol. The van der Waals surface area contributed by atoms with Crippen LogP contribution in [0, 0.1) is 11.8 Å². The number of halogens is 1. The van der Waals surface area contributed by atoms with E-state index in [4.69, 9.17) is 0 Å². The molecule has 0 aliphatic carbocycles. The summed E-state index contributed by atoms with van der Waals surface area (Å²) in [7, 11) is 0. The second-order valence-corrected chi connectivity index (χ2v) is 5.86. The number of carbonyl (C=O) groups excluding carboxylic acids is 1. The normalized spacial score (nSPS) is 21.0. The maximum absolute atomic E-state index is 12.1. The lowest BCUT2D eigenvalue weighted by Crippen LogP contribution is -2.36. The fourth-order valence-corrected chi connectivity index (χ4v) is 2.84. The van der Waals surface area contributed by atoms with Gasteiger partial charge in [-0.3, -0.25) is 9.78 Å². The Morgan fingerprint density at radius 1 is 1.52 bits per heavy atom. The van der Waals surface area contributed by atoms with Gasteiger partial charge in [0.25, 0.3) is 0 Å². The highest BCUT2D eigenvalue weighted by Crippen LogP contribution is 2.22. The molecule has 118 valence electrons. The molecule has 0 saturated carbocycles. The van der Waals surface area contributed by atoms with Gasteiger partial charge in [-0.1, -0.05) is 13.0 Å². The molecule has 3 atom stereocenters. The summed E-state index contributed by atoms with van der Waals surface area (Å²) >= 11 is 0. The molecular formula is C16H26ClN3O. The second kappa shape index (κ2) is 9.00. The van der Waals surface area contributed by atoms with Crippen LogP contribution in [-0.2, 0) is 4.79 Å². The van der Waals surface area contributed by atoms with Gasteiger partial charge in [-0.25, -0.2) is 0 Å². The van der Waals surface area contributed by atoms with Crippen molar-refractivity contribution in [2.75, 3.05) is 13.1 Å². The third-order valence-corrected chi connectivity index (χ3v) is 4.21. The Morgan fingerprint density at radius 2 is 2.33 bits per heavy atom. The molecule has 2 heterocycles. The first-order chi connectivity index (χ1) is 9.66. The lowest BCUT2D eigenvalue weighted by molar-refractivity contribution is -0.123. The standard InChI is InChI=1S/C16H25N3O.ClH/c1-12(14-5-3-7-17-10-14)9-16(20)19-13(2)15-6-4-8-18-11-15;/h4,6,8,11-14,17H,3,5,7,9-10H2,1-2H3,(H,19,20);1H. The van der Waals surface area contributed by atoms with Crippen molar-refractivity contribution >= 4 is 18.3 Å². The SMILES string of the molecule is CC(NC(=O)CC(C)C1CCCNC1)c1cccnc1.Cl. The van der Waals surface area contributed by atoms with Crippen molar-refractivity contribution in [3.05, 3.63) is 30.1 Å². The number of nitrogens with one attached hydrogen (secondary N) is 2. The van der Waals surface area contributed by atoms with Crippen molar-refractivity contribution in [3.63, 3.8) is 0 Å². The summed E-state index contributed by atoms with van der Waals surface area (Å²) in [6.45, 7) is 6.35. The van der Waals surface area contributed by atoms with Gasteiger partial charge in [0.05, 0.1) is 6.04 Å². The van der Waals surface area contributed by atoms with Gasteiger partial charge in [-0.05, 0) is 56.3 Å². The first kappa shape index (κ1) is 17.9. The van der Waals surface area contributed by atoms with E-state index >= 15 is 0 Å². The quantitative estimate of drug-likeness (QED) is 0.879. The van der Waals surface area contributed by atoms with Gasteiger partial charge in [-0.15, -0.1) is 12.4 Å². The molecule has 1 aromatic rings. The molecular weight excluding hydrogens is 286 g/mol. The molecule has 5 heteroatoms. The van der Waals surface area contributed by atoms with Crippen LogP contribution in [0.4, 0.5) is 0 Å². The topological polar surface area (TPSA) is 54.0 Å². The highest BCUT2D eigenvalue weighted by Gasteiger charge is 2.22. The number of amides is 1. The summed E-state index contributed by atoms with van der Waals surface area (Å²) in [6, 6.07) is 3.91. The molecule has 21 heavy (non-hydrogen) atoms. The molecule has 2 N–H and O–H groups in total.